The molecule has 30 heavy (non-hydrogen) atoms. The summed E-state index contributed by atoms with van der Waals surface area (Å²) < 4.78 is 5.40. The van der Waals surface area contributed by atoms with E-state index in [1.807, 2.05) is 0 Å². The third-order valence-corrected chi connectivity index (χ3v) is 8.14. The van der Waals surface area contributed by atoms with Crippen molar-refractivity contribution in [2.24, 2.45) is 11.8 Å². The Morgan fingerprint density at radius 2 is 1.80 bits per heavy atom. The van der Waals surface area contributed by atoms with E-state index in [0.29, 0.717) is 0 Å². The van der Waals surface area contributed by atoms with Crippen molar-refractivity contribution in [3.63, 3.8) is 0 Å². The number of aryl methyl sites for hydroxylation is 1. The van der Waals surface area contributed by atoms with Crippen LogP contribution >= 0.6 is 0 Å². The minimum Gasteiger partial charge on any atom is -0.379 e. The quantitative estimate of drug-likeness (QED) is 0.703. The number of carbonyl (C=O) groups is 1. The van der Waals surface area contributed by atoms with Crippen LogP contribution < -0.4 is 10.6 Å². The zero-order valence-corrected chi connectivity index (χ0v) is 18.4. The normalized spacial score (nSPS) is 35.4. The molecule has 0 unspecified atom stereocenters. The Bertz CT molecular complexity index is 742. The predicted molar refractivity (Wildman–Crippen MR) is 119 cm³/mol. The second kappa shape index (κ2) is 8.16. The molecule has 1 heterocycles. The monoisotopic (exact) mass is 411 g/mol. The molecule has 1 saturated heterocycles. The minimum absolute atomic E-state index is 0.0107. The summed E-state index contributed by atoms with van der Waals surface area (Å²) in [7, 11) is 0. The van der Waals surface area contributed by atoms with E-state index in [4.69, 9.17) is 4.74 Å². The van der Waals surface area contributed by atoms with E-state index < -0.39 is 0 Å². The highest BCUT2D eigenvalue weighted by molar-refractivity contribution is 5.75. The number of amides is 2. The molecule has 1 aromatic rings. The molecular weight excluding hydrogens is 374 g/mol. The van der Waals surface area contributed by atoms with Crippen LogP contribution in [0.4, 0.5) is 4.79 Å². The summed E-state index contributed by atoms with van der Waals surface area (Å²) in [5.74, 6) is 1.52. The molecule has 5 fully saturated rings. The van der Waals surface area contributed by atoms with Crippen molar-refractivity contribution in [2.75, 3.05) is 39.4 Å². The van der Waals surface area contributed by atoms with Gasteiger partial charge in [0.25, 0.3) is 0 Å². The Kier molecular flexibility index (Phi) is 5.53. The van der Waals surface area contributed by atoms with Crippen molar-refractivity contribution in [2.45, 2.75) is 62.8 Å². The third-order valence-electron chi connectivity index (χ3n) is 8.14. The van der Waals surface area contributed by atoms with Gasteiger partial charge < -0.3 is 15.4 Å². The van der Waals surface area contributed by atoms with E-state index in [2.05, 4.69) is 46.7 Å². The first-order valence-corrected chi connectivity index (χ1v) is 12.0. The molecule has 0 radical (unpaired) electrons. The summed E-state index contributed by atoms with van der Waals surface area (Å²) in [6.45, 7) is 7.64. The van der Waals surface area contributed by atoms with Gasteiger partial charge in [0.1, 0.15) is 0 Å². The standard InChI is InChI=1S/C25H37N3O2/c1-19-3-5-22(6-4-19)24-14-20-13-21(15-24)17-25(16-20,18-24)27-23(29)26-7-2-8-28-9-11-30-12-10-28/h3-6,20-21H,2,7-18H2,1H3,(H2,26,27,29)/t20-,21-,24?,25?/m1/s1. The average molecular weight is 412 g/mol. The van der Waals surface area contributed by atoms with Crippen molar-refractivity contribution in [1.82, 2.24) is 15.5 Å². The molecule has 2 N–H and O–H groups in total. The molecule has 4 saturated carbocycles. The average Bonchev–Trinajstić information content (AvgIpc) is 2.71. The maximum Gasteiger partial charge on any atom is 0.315 e. The summed E-state index contributed by atoms with van der Waals surface area (Å²) in [6, 6.07) is 9.26. The fourth-order valence-corrected chi connectivity index (χ4v) is 7.27. The molecule has 2 amide bonds. The Morgan fingerprint density at radius 3 is 2.50 bits per heavy atom. The molecule has 5 heteroatoms. The van der Waals surface area contributed by atoms with Gasteiger partial charge in [-0.2, -0.15) is 0 Å². The van der Waals surface area contributed by atoms with Crippen molar-refractivity contribution in [1.29, 1.82) is 0 Å². The number of carbonyl (C=O) groups excluding carboxylic acids is 1. The first kappa shape index (κ1) is 20.3. The van der Waals surface area contributed by atoms with Crippen LogP contribution in [0.5, 0.6) is 0 Å². The number of urea groups is 1. The van der Waals surface area contributed by atoms with E-state index >= 15 is 0 Å². The van der Waals surface area contributed by atoms with Gasteiger partial charge in [-0.25, -0.2) is 4.79 Å². The molecule has 6 rings (SSSR count). The number of hydrogen-bond acceptors (Lipinski definition) is 3. The van der Waals surface area contributed by atoms with Gasteiger partial charge in [-0.3, -0.25) is 4.90 Å². The Balaban J connectivity index is 1.19. The summed E-state index contributed by atoms with van der Waals surface area (Å²) in [4.78, 5) is 15.2. The lowest BCUT2D eigenvalue weighted by Crippen LogP contribution is -2.65. The van der Waals surface area contributed by atoms with Crippen LogP contribution in [0.3, 0.4) is 0 Å². The van der Waals surface area contributed by atoms with Gasteiger partial charge in [0, 0.05) is 25.2 Å². The Morgan fingerprint density at radius 1 is 1.10 bits per heavy atom. The maximum atomic E-state index is 12.8. The minimum atomic E-state index is -0.0107. The molecule has 0 spiro atoms. The van der Waals surface area contributed by atoms with Crippen LogP contribution in [0.15, 0.2) is 24.3 Å². The largest absolute Gasteiger partial charge is 0.379 e. The van der Waals surface area contributed by atoms with E-state index in [9.17, 15) is 4.79 Å². The first-order chi connectivity index (χ1) is 14.5. The van der Waals surface area contributed by atoms with E-state index in [-0.39, 0.29) is 17.0 Å². The van der Waals surface area contributed by atoms with E-state index in [1.54, 1.807) is 0 Å². The smallest absolute Gasteiger partial charge is 0.315 e. The zero-order valence-electron chi connectivity index (χ0n) is 18.4. The number of rotatable bonds is 6. The molecule has 2 atom stereocenters. The highest BCUT2D eigenvalue weighted by Gasteiger charge is 2.58. The molecule has 1 aromatic carbocycles. The number of ether oxygens (including phenoxy) is 1. The summed E-state index contributed by atoms with van der Waals surface area (Å²) in [5.41, 5.74) is 3.08. The van der Waals surface area contributed by atoms with E-state index in [1.165, 1.54) is 30.4 Å². The van der Waals surface area contributed by atoms with Crippen LogP contribution in [-0.4, -0.2) is 55.9 Å². The summed E-state index contributed by atoms with van der Waals surface area (Å²) in [5, 5.41) is 6.63. The SMILES string of the molecule is Cc1ccc(C23C[C@H]4C[C@@H](CC(NC(=O)NCCCN5CCOCC5)(C4)C2)C3)cc1. The lowest BCUT2D eigenvalue weighted by Gasteiger charge is -2.62. The first-order valence-electron chi connectivity index (χ1n) is 12.0. The molecular formula is C25H37N3O2. The van der Waals surface area contributed by atoms with Crippen LogP contribution in [-0.2, 0) is 10.2 Å². The summed E-state index contributed by atoms with van der Waals surface area (Å²) >= 11 is 0. The van der Waals surface area contributed by atoms with Crippen molar-refractivity contribution >= 4 is 6.03 Å². The van der Waals surface area contributed by atoms with Gasteiger partial charge in [0.2, 0.25) is 0 Å². The lowest BCUT2D eigenvalue weighted by atomic mass is 9.45. The zero-order chi connectivity index (χ0) is 20.6. The maximum absolute atomic E-state index is 12.8. The highest BCUT2D eigenvalue weighted by atomic mass is 16.5. The molecule has 5 aliphatic rings. The molecule has 5 nitrogen and oxygen atoms in total. The Hall–Kier alpha value is -1.59. The van der Waals surface area contributed by atoms with Crippen molar-refractivity contribution in [3.05, 3.63) is 35.4 Å². The second-order valence-electron chi connectivity index (χ2n) is 10.6. The fraction of sp³-hybridized carbons (Fsp3) is 0.720. The molecule has 4 bridgehead atoms. The molecule has 0 aromatic heterocycles. The number of nitrogens with one attached hydrogen (secondary N) is 2. The van der Waals surface area contributed by atoms with Crippen molar-refractivity contribution in [3.8, 4) is 0 Å². The van der Waals surface area contributed by atoms with Gasteiger partial charge in [-0.05, 0) is 81.2 Å². The van der Waals surface area contributed by atoms with Crippen LogP contribution in [0.2, 0.25) is 0 Å². The van der Waals surface area contributed by atoms with Gasteiger partial charge in [0.15, 0.2) is 0 Å². The molecule has 4 aliphatic carbocycles. The number of nitrogens with zero attached hydrogens (tertiary/aromatic N) is 1. The lowest BCUT2D eigenvalue weighted by molar-refractivity contribution is -0.0350. The van der Waals surface area contributed by atoms with Crippen LogP contribution in [0.1, 0.15) is 56.1 Å². The third kappa shape index (κ3) is 4.11. The molecule has 1 aliphatic heterocycles. The highest BCUT2D eigenvalue weighted by Crippen LogP contribution is 2.62. The number of benzene rings is 1. The van der Waals surface area contributed by atoms with Gasteiger partial charge in [-0.1, -0.05) is 29.8 Å². The van der Waals surface area contributed by atoms with Gasteiger partial charge >= 0.3 is 6.03 Å². The fourth-order valence-electron chi connectivity index (χ4n) is 7.27. The van der Waals surface area contributed by atoms with Crippen molar-refractivity contribution < 1.29 is 9.53 Å². The summed E-state index contributed by atoms with van der Waals surface area (Å²) in [6.07, 6.45) is 8.40. The van der Waals surface area contributed by atoms with Crippen LogP contribution in [0, 0.1) is 18.8 Å². The van der Waals surface area contributed by atoms with Gasteiger partial charge in [-0.15, -0.1) is 0 Å². The van der Waals surface area contributed by atoms with Crippen LogP contribution in [0.25, 0.3) is 0 Å². The topological polar surface area (TPSA) is 53.6 Å². The Labute approximate surface area is 180 Å². The molecule has 164 valence electrons. The van der Waals surface area contributed by atoms with Gasteiger partial charge in [0.05, 0.1) is 13.2 Å². The van der Waals surface area contributed by atoms with E-state index in [0.717, 1.165) is 76.9 Å². The second-order valence-corrected chi connectivity index (χ2v) is 10.6. The predicted octanol–water partition coefficient (Wildman–Crippen LogP) is 3.61. The number of morpholine rings is 1. The number of hydrogen-bond donors (Lipinski definition) is 2.